The van der Waals surface area contributed by atoms with Crippen LogP contribution in [0.1, 0.15) is 66.7 Å². The highest BCUT2D eigenvalue weighted by molar-refractivity contribution is 6.25. The predicted molar refractivity (Wildman–Crippen MR) is 128 cm³/mol. The van der Waals surface area contributed by atoms with Crippen molar-refractivity contribution in [3.8, 4) is 0 Å². The lowest BCUT2D eigenvalue weighted by molar-refractivity contribution is -0.196. The van der Waals surface area contributed by atoms with Crippen LogP contribution in [0.15, 0.2) is 23.8 Å². The molecule has 0 aliphatic heterocycles. The van der Waals surface area contributed by atoms with Crippen LogP contribution in [0.5, 0.6) is 0 Å². The van der Waals surface area contributed by atoms with E-state index in [0.717, 1.165) is 12.0 Å². The van der Waals surface area contributed by atoms with Crippen LogP contribution in [0.2, 0.25) is 0 Å². The maximum Gasteiger partial charge on any atom is 0.309 e. The highest BCUT2D eigenvalue weighted by Crippen LogP contribution is 2.72. The van der Waals surface area contributed by atoms with Gasteiger partial charge in [0.15, 0.2) is 11.4 Å². The number of Topliss-reactive ketones (excluding diaryl/α,β-unsaturated/α-hetero) is 1. The smallest absolute Gasteiger partial charge is 0.309 e. The van der Waals surface area contributed by atoms with Crippen LogP contribution >= 0.6 is 11.6 Å². The molecule has 3 fully saturated rings. The van der Waals surface area contributed by atoms with E-state index in [4.69, 9.17) is 16.3 Å². The monoisotopic (exact) mass is 492 g/mol. The molecule has 7 heteroatoms. The zero-order chi connectivity index (χ0) is 25.3. The Bertz CT molecular complexity index is 970. The molecule has 9 atom stereocenters. The van der Waals surface area contributed by atoms with Gasteiger partial charge in [0.25, 0.3) is 0 Å². The third kappa shape index (κ3) is 3.24. The summed E-state index contributed by atoms with van der Waals surface area (Å²) in [6.07, 6.45) is 6.80. The molecular formula is C27H37ClO6. The van der Waals surface area contributed by atoms with Crippen LogP contribution < -0.4 is 0 Å². The van der Waals surface area contributed by atoms with Gasteiger partial charge < -0.3 is 14.9 Å². The number of ketones is 2. The zero-order valence-corrected chi connectivity index (χ0v) is 21.5. The molecule has 4 aliphatic carbocycles. The Morgan fingerprint density at radius 3 is 2.50 bits per heavy atom. The second kappa shape index (κ2) is 8.28. The fraction of sp³-hybridized carbons (Fsp3) is 0.741. The Labute approximate surface area is 206 Å². The SMILES string of the molecule is CC(O)CC(=O)O[C@]1(C(=O)CO)[C@@H](C)C[C@H]2[C@@H]3C[C@H](C)C4=CC(=O)C=C[C@]4(C)[C@@]3(Cl)CC[C@@]21C. The van der Waals surface area contributed by atoms with E-state index in [1.165, 1.54) is 6.92 Å². The molecule has 4 aliphatic rings. The number of fused-ring (bicyclic) bond motifs is 5. The van der Waals surface area contributed by atoms with Gasteiger partial charge in [0, 0.05) is 16.7 Å². The van der Waals surface area contributed by atoms with Gasteiger partial charge in [0.05, 0.1) is 17.4 Å². The molecule has 188 valence electrons. The molecule has 0 radical (unpaired) electrons. The van der Waals surface area contributed by atoms with E-state index in [-0.39, 0.29) is 35.9 Å². The van der Waals surface area contributed by atoms with Crippen molar-refractivity contribution in [3.63, 3.8) is 0 Å². The normalized spacial score (nSPS) is 46.1. The largest absolute Gasteiger partial charge is 0.450 e. The Hall–Kier alpha value is -1.50. The van der Waals surface area contributed by atoms with Gasteiger partial charge in [-0.15, -0.1) is 11.6 Å². The van der Waals surface area contributed by atoms with Gasteiger partial charge in [0.1, 0.15) is 6.61 Å². The summed E-state index contributed by atoms with van der Waals surface area (Å²) in [6, 6.07) is 0. The van der Waals surface area contributed by atoms with Crippen molar-refractivity contribution >= 4 is 29.1 Å². The van der Waals surface area contributed by atoms with E-state index >= 15 is 0 Å². The van der Waals surface area contributed by atoms with Crippen LogP contribution in [-0.4, -0.2) is 50.9 Å². The highest BCUT2D eigenvalue weighted by Gasteiger charge is 2.74. The highest BCUT2D eigenvalue weighted by atomic mass is 35.5. The molecule has 0 bridgehead atoms. The second-order valence-electron chi connectivity index (χ2n) is 11.6. The summed E-state index contributed by atoms with van der Waals surface area (Å²) in [6.45, 7) is 8.97. The van der Waals surface area contributed by atoms with Gasteiger partial charge in [-0.25, -0.2) is 0 Å². The summed E-state index contributed by atoms with van der Waals surface area (Å²) < 4.78 is 6.01. The minimum Gasteiger partial charge on any atom is -0.450 e. The molecule has 6 nitrogen and oxygen atoms in total. The van der Waals surface area contributed by atoms with Crippen LogP contribution in [-0.2, 0) is 19.1 Å². The third-order valence-corrected chi connectivity index (χ3v) is 10.7. The first-order chi connectivity index (χ1) is 15.8. The first-order valence-corrected chi connectivity index (χ1v) is 12.8. The Morgan fingerprint density at radius 1 is 1.21 bits per heavy atom. The van der Waals surface area contributed by atoms with Crippen molar-refractivity contribution in [3.05, 3.63) is 23.8 Å². The number of halogens is 1. The van der Waals surface area contributed by atoms with E-state index in [1.54, 1.807) is 12.2 Å². The number of carbonyl (C=O) groups is 3. The summed E-state index contributed by atoms with van der Waals surface area (Å²) in [4.78, 5) is 37.7. The molecule has 0 saturated heterocycles. The van der Waals surface area contributed by atoms with Crippen LogP contribution in [0.25, 0.3) is 0 Å². The van der Waals surface area contributed by atoms with Crippen molar-refractivity contribution in [2.24, 2.45) is 34.5 Å². The summed E-state index contributed by atoms with van der Waals surface area (Å²) in [5.41, 5.74) is -1.57. The molecule has 2 N–H and O–H groups in total. The van der Waals surface area contributed by atoms with Gasteiger partial charge >= 0.3 is 5.97 Å². The van der Waals surface area contributed by atoms with E-state index in [0.29, 0.717) is 19.3 Å². The maximum absolute atomic E-state index is 13.4. The number of aliphatic hydroxyl groups is 2. The predicted octanol–water partition coefficient (Wildman–Crippen LogP) is 3.76. The van der Waals surface area contributed by atoms with Gasteiger partial charge in [-0.3, -0.25) is 14.4 Å². The number of aliphatic hydroxyl groups excluding tert-OH is 2. The molecule has 0 aromatic heterocycles. The molecule has 4 rings (SSSR count). The van der Waals surface area contributed by atoms with Crippen LogP contribution in [0.3, 0.4) is 0 Å². The molecular weight excluding hydrogens is 456 g/mol. The quantitative estimate of drug-likeness (QED) is 0.447. The minimum absolute atomic E-state index is 0.00421. The summed E-state index contributed by atoms with van der Waals surface area (Å²) >= 11 is 7.58. The molecule has 0 heterocycles. The summed E-state index contributed by atoms with van der Waals surface area (Å²) in [5, 5.41) is 19.7. The second-order valence-corrected chi connectivity index (χ2v) is 12.3. The zero-order valence-electron chi connectivity index (χ0n) is 20.8. The number of hydrogen-bond acceptors (Lipinski definition) is 6. The molecule has 0 aromatic rings. The first kappa shape index (κ1) is 25.6. The molecule has 1 unspecified atom stereocenters. The molecule has 3 saturated carbocycles. The number of ether oxygens (including phenoxy) is 1. The van der Waals surface area contributed by atoms with Crippen molar-refractivity contribution in [1.82, 2.24) is 0 Å². The van der Waals surface area contributed by atoms with Crippen molar-refractivity contribution in [1.29, 1.82) is 0 Å². The van der Waals surface area contributed by atoms with Crippen molar-refractivity contribution < 1.29 is 29.3 Å². The average molecular weight is 493 g/mol. The number of hydrogen-bond donors (Lipinski definition) is 2. The van der Waals surface area contributed by atoms with Gasteiger partial charge in [-0.2, -0.15) is 0 Å². The topological polar surface area (TPSA) is 101 Å². The summed E-state index contributed by atoms with van der Waals surface area (Å²) in [7, 11) is 0. The van der Waals surface area contributed by atoms with Crippen molar-refractivity contribution in [2.45, 2.75) is 83.3 Å². The summed E-state index contributed by atoms with van der Waals surface area (Å²) in [5.74, 6) is -1.24. The molecule has 34 heavy (non-hydrogen) atoms. The third-order valence-electron chi connectivity index (χ3n) is 9.82. The lowest BCUT2D eigenvalue weighted by Gasteiger charge is -2.63. The van der Waals surface area contributed by atoms with Crippen LogP contribution in [0.4, 0.5) is 0 Å². The molecule has 0 amide bonds. The Balaban J connectivity index is 1.79. The Kier molecular flexibility index (Phi) is 6.23. The van der Waals surface area contributed by atoms with E-state index in [1.807, 2.05) is 19.9 Å². The van der Waals surface area contributed by atoms with E-state index < -0.39 is 45.8 Å². The van der Waals surface area contributed by atoms with E-state index in [9.17, 15) is 24.6 Å². The fourth-order valence-electron chi connectivity index (χ4n) is 8.25. The van der Waals surface area contributed by atoms with Crippen molar-refractivity contribution in [2.75, 3.05) is 6.61 Å². The maximum atomic E-state index is 13.4. The van der Waals surface area contributed by atoms with Crippen LogP contribution in [0, 0.1) is 34.5 Å². The Morgan fingerprint density at radius 2 is 1.88 bits per heavy atom. The number of alkyl halides is 1. The lowest BCUT2D eigenvalue weighted by Crippen LogP contribution is -2.65. The number of rotatable bonds is 5. The number of allylic oxidation sites excluding steroid dienone is 4. The van der Waals surface area contributed by atoms with Gasteiger partial charge in [-0.1, -0.05) is 39.3 Å². The van der Waals surface area contributed by atoms with Gasteiger partial charge in [-0.05, 0) is 62.5 Å². The molecule has 0 aromatic carbocycles. The fourth-order valence-corrected chi connectivity index (χ4v) is 8.76. The van der Waals surface area contributed by atoms with E-state index in [2.05, 4.69) is 13.8 Å². The minimum atomic E-state index is -1.46. The van der Waals surface area contributed by atoms with Gasteiger partial charge in [0.2, 0.25) is 5.78 Å². The number of carbonyl (C=O) groups excluding carboxylic acids is 3. The lowest BCUT2D eigenvalue weighted by atomic mass is 9.45. The average Bonchev–Trinajstić information content (AvgIpc) is 2.98. The number of esters is 1. The standard InChI is InChI=1S/C27H37ClO6/c1-15-10-21-20-11-16(2)27(22(32)14-29,34-23(33)12-17(3)30)25(20,5)8-9-26(21,28)24(4)7-6-18(31)13-19(15)24/h6-7,13,15-17,20-21,29-30H,8-12,14H2,1-5H3/t15-,16-,17?,20-,21-,24-,25-,26+,27-/m0/s1. The first-order valence-electron chi connectivity index (χ1n) is 12.4. The molecule has 0 spiro atoms.